The highest BCUT2D eigenvalue weighted by Crippen LogP contribution is 2.55. The van der Waals surface area contributed by atoms with Crippen LogP contribution in [0.5, 0.6) is 11.5 Å². The lowest BCUT2D eigenvalue weighted by Gasteiger charge is -2.51. The molecule has 0 bridgehead atoms. The Morgan fingerprint density at radius 3 is 2.09 bits per heavy atom. The average molecular weight is 507 g/mol. The van der Waals surface area contributed by atoms with Gasteiger partial charge in [0.05, 0.1) is 13.2 Å². The fourth-order valence-corrected chi connectivity index (χ4v) is 6.21. The van der Waals surface area contributed by atoms with Gasteiger partial charge in [-0.25, -0.2) is 4.79 Å². The Morgan fingerprint density at radius 1 is 1.09 bits per heavy atom. The standard InChI is InChI=1S/C25H34N2O7S/c1-6-8-13-33-16-11-10-12-17(34-14-9-7-2)18(16)20(29)26-25(15(3)28)22(32)27-19(21(30)31)24(4,5)35-23(25)27/h10-12,19,23H,6-9,13-14H2,1-5H3,(H,26,29)(H,30,31)/t19-,23+,25-/m0/s1. The minimum absolute atomic E-state index is 0.114. The number of hydrogen-bond acceptors (Lipinski definition) is 7. The molecule has 2 heterocycles. The van der Waals surface area contributed by atoms with Gasteiger partial charge in [0, 0.05) is 4.75 Å². The van der Waals surface area contributed by atoms with Crippen LogP contribution in [0, 0.1) is 0 Å². The van der Waals surface area contributed by atoms with Crippen molar-refractivity contribution in [2.75, 3.05) is 13.2 Å². The molecule has 10 heteroatoms. The number of ether oxygens (including phenoxy) is 2. The summed E-state index contributed by atoms with van der Waals surface area (Å²) >= 11 is 1.20. The smallest absolute Gasteiger partial charge is 0.327 e. The predicted octanol–water partition coefficient (Wildman–Crippen LogP) is 3.25. The second kappa shape index (κ2) is 10.5. The molecule has 2 N–H and O–H groups in total. The van der Waals surface area contributed by atoms with E-state index in [1.807, 2.05) is 13.8 Å². The first-order valence-electron chi connectivity index (χ1n) is 12.0. The van der Waals surface area contributed by atoms with Crippen molar-refractivity contribution in [1.82, 2.24) is 10.2 Å². The van der Waals surface area contributed by atoms with Gasteiger partial charge in [0.15, 0.2) is 5.78 Å². The van der Waals surface area contributed by atoms with E-state index in [-0.39, 0.29) is 5.56 Å². The zero-order valence-corrected chi connectivity index (χ0v) is 21.7. The van der Waals surface area contributed by atoms with Crippen LogP contribution < -0.4 is 14.8 Å². The van der Waals surface area contributed by atoms with Gasteiger partial charge < -0.3 is 24.8 Å². The Labute approximate surface area is 209 Å². The molecular formula is C25H34N2O7S. The number of aliphatic carboxylic acids is 1. The number of β-lactam (4-membered cyclic amide) rings is 1. The van der Waals surface area contributed by atoms with Gasteiger partial charge in [0.1, 0.15) is 28.5 Å². The highest BCUT2D eigenvalue weighted by molar-refractivity contribution is 8.01. The van der Waals surface area contributed by atoms with E-state index in [4.69, 9.17) is 9.47 Å². The lowest BCUT2D eigenvalue weighted by Crippen LogP contribution is -2.82. The van der Waals surface area contributed by atoms with Crippen molar-refractivity contribution in [3.05, 3.63) is 23.8 Å². The number of carbonyl (C=O) groups excluding carboxylic acids is 3. The maximum Gasteiger partial charge on any atom is 0.327 e. The number of nitrogens with one attached hydrogen (secondary N) is 1. The largest absolute Gasteiger partial charge is 0.493 e. The summed E-state index contributed by atoms with van der Waals surface area (Å²) in [6.45, 7) is 9.50. The van der Waals surface area contributed by atoms with Gasteiger partial charge in [0.25, 0.3) is 11.8 Å². The van der Waals surface area contributed by atoms with Crippen LogP contribution in [0.4, 0.5) is 0 Å². The second-order valence-electron chi connectivity index (χ2n) is 9.38. The molecule has 2 aliphatic heterocycles. The fourth-order valence-electron chi connectivity index (χ4n) is 4.46. The van der Waals surface area contributed by atoms with E-state index in [1.165, 1.54) is 23.6 Å². The zero-order valence-electron chi connectivity index (χ0n) is 20.9. The number of rotatable bonds is 12. The summed E-state index contributed by atoms with van der Waals surface area (Å²) in [5, 5.41) is 11.6. The summed E-state index contributed by atoms with van der Waals surface area (Å²) in [6.07, 6.45) is 3.39. The van der Waals surface area contributed by atoms with Crippen molar-refractivity contribution in [1.29, 1.82) is 0 Å². The van der Waals surface area contributed by atoms with E-state index >= 15 is 0 Å². The van der Waals surface area contributed by atoms with Crippen molar-refractivity contribution in [2.45, 2.75) is 82.0 Å². The Hall–Kier alpha value is -2.75. The normalized spacial score (nSPS) is 24.4. The topological polar surface area (TPSA) is 122 Å². The summed E-state index contributed by atoms with van der Waals surface area (Å²) in [4.78, 5) is 52.9. The van der Waals surface area contributed by atoms with Crippen molar-refractivity contribution in [3.8, 4) is 11.5 Å². The number of carboxylic acids is 1. The molecule has 1 aromatic carbocycles. The number of unbranched alkanes of at least 4 members (excludes halogenated alkanes) is 2. The van der Waals surface area contributed by atoms with Gasteiger partial charge in [-0.1, -0.05) is 32.8 Å². The number of amides is 2. The molecule has 2 aliphatic rings. The molecule has 35 heavy (non-hydrogen) atoms. The molecule has 192 valence electrons. The third-order valence-corrected chi connectivity index (χ3v) is 8.01. The Kier molecular flexibility index (Phi) is 8.03. The number of ketones is 1. The van der Waals surface area contributed by atoms with Crippen molar-refractivity contribution >= 4 is 35.3 Å². The minimum Gasteiger partial charge on any atom is -0.493 e. The Balaban J connectivity index is 1.97. The molecule has 3 atom stereocenters. The summed E-state index contributed by atoms with van der Waals surface area (Å²) < 4.78 is 10.9. The first kappa shape index (κ1) is 26.8. The van der Waals surface area contributed by atoms with E-state index in [0.717, 1.165) is 25.7 Å². The minimum atomic E-state index is -1.86. The van der Waals surface area contributed by atoms with Crippen LogP contribution in [0.3, 0.4) is 0 Å². The summed E-state index contributed by atoms with van der Waals surface area (Å²) in [5.74, 6) is -2.49. The number of nitrogens with zero attached hydrogens (tertiary/aromatic N) is 1. The number of fused-ring (bicyclic) bond motifs is 1. The van der Waals surface area contributed by atoms with Gasteiger partial charge >= 0.3 is 5.97 Å². The van der Waals surface area contributed by atoms with Crippen LogP contribution in [0.2, 0.25) is 0 Å². The van der Waals surface area contributed by atoms with Crippen LogP contribution in [0.1, 0.15) is 70.7 Å². The molecule has 0 aromatic heterocycles. The van der Waals surface area contributed by atoms with Crippen LogP contribution in [-0.4, -0.2) is 68.5 Å². The molecule has 1 aromatic rings. The lowest BCUT2D eigenvalue weighted by atomic mass is 9.81. The molecular weight excluding hydrogens is 472 g/mol. The number of Topliss-reactive ketones (excluding diaryl/α,β-unsaturated/α-hetero) is 1. The van der Waals surface area contributed by atoms with Crippen molar-refractivity contribution in [2.24, 2.45) is 0 Å². The number of thioether (sulfide) groups is 1. The Morgan fingerprint density at radius 2 is 1.63 bits per heavy atom. The Bertz CT molecular complexity index is 983. The highest BCUT2D eigenvalue weighted by Gasteiger charge is 2.74. The molecule has 2 fully saturated rings. The van der Waals surface area contributed by atoms with Gasteiger partial charge in [-0.15, -0.1) is 11.8 Å². The van der Waals surface area contributed by atoms with E-state index in [0.29, 0.717) is 24.7 Å². The number of carbonyl (C=O) groups is 4. The molecule has 9 nitrogen and oxygen atoms in total. The van der Waals surface area contributed by atoms with Gasteiger partial charge in [0.2, 0.25) is 5.54 Å². The lowest BCUT2D eigenvalue weighted by molar-refractivity contribution is -0.170. The van der Waals surface area contributed by atoms with Crippen molar-refractivity contribution < 1.29 is 33.8 Å². The maximum atomic E-state index is 13.7. The first-order chi connectivity index (χ1) is 16.5. The molecule has 0 spiro atoms. The number of hydrogen-bond donors (Lipinski definition) is 2. The quantitative estimate of drug-likeness (QED) is 0.252. The summed E-state index contributed by atoms with van der Waals surface area (Å²) in [6, 6.07) is 3.93. The van der Waals surface area contributed by atoms with E-state index in [1.54, 1.807) is 32.0 Å². The van der Waals surface area contributed by atoms with Crippen molar-refractivity contribution in [3.63, 3.8) is 0 Å². The van der Waals surface area contributed by atoms with Crippen LogP contribution in [0.25, 0.3) is 0 Å². The maximum absolute atomic E-state index is 13.7. The summed E-state index contributed by atoms with van der Waals surface area (Å²) in [5.41, 5.74) is -1.75. The van der Waals surface area contributed by atoms with Crippen LogP contribution >= 0.6 is 11.8 Å². The molecule has 2 saturated heterocycles. The van der Waals surface area contributed by atoms with Crippen LogP contribution in [-0.2, 0) is 14.4 Å². The third kappa shape index (κ3) is 4.72. The molecule has 3 rings (SSSR count). The molecule has 0 unspecified atom stereocenters. The summed E-state index contributed by atoms with van der Waals surface area (Å²) in [7, 11) is 0. The second-order valence-corrected chi connectivity index (χ2v) is 11.1. The molecule has 0 radical (unpaired) electrons. The number of carboxylic acid groups (broad SMARTS) is 1. The highest BCUT2D eigenvalue weighted by atomic mass is 32.2. The van der Waals surface area contributed by atoms with E-state index < -0.39 is 45.3 Å². The molecule has 0 aliphatic carbocycles. The van der Waals surface area contributed by atoms with Gasteiger partial charge in [-0.05, 0) is 45.7 Å². The SMILES string of the molecule is CCCCOc1cccc(OCCCC)c1C(=O)N[C@@]1(C(C)=O)C(=O)N2[C@@H](C(=O)O)C(C)(C)S[C@@H]21. The van der Waals surface area contributed by atoms with E-state index in [2.05, 4.69) is 5.32 Å². The van der Waals surface area contributed by atoms with Gasteiger partial charge in [-0.2, -0.15) is 0 Å². The van der Waals surface area contributed by atoms with E-state index in [9.17, 15) is 24.3 Å². The monoisotopic (exact) mass is 506 g/mol. The predicted molar refractivity (Wildman–Crippen MR) is 132 cm³/mol. The van der Waals surface area contributed by atoms with Gasteiger partial charge in [-0.3, -0.25) is 14.4 Å². The fraction of sp³-hybridized carbons (Fsp3) is 0.600. The van der Waals surface area contributed by atoms with Crippen LogP contribution in [0.15, 0.2) is 18.2 Å². The average Bonchev–Trinajstić information content (AvgIpc) is 3.06. The zero-order chi connectivity index (χ0) is 26.0. The molecule has 2 amide bonds. The molecule has 0 saturated carbocycles. The number of benzene rings is 1. The third-order valence-electron chi connectivity index (χ3n) is 6.37. The first-order valence-corrected chi connectivity index (χ1v) is 12.9.